The van der Waals surface area contributed by atoms with Crippen molar-refractivity contribution in [3.8, 4) is 0 Å². The van der Waals surface area contributed by atoms with Crippen molar-refractivity contribution in [2.24, 2.45) is 0 Å². The summed E-state index contributed by atoms with van der Waals surface area (Å²) in [6.07, 6.45) is 0. The first kappa shape index (κ1) is 15.6. The van der Waals surface area contributed by atoms with Crippen LogP contribution in [0.3, 0.4) is 0 Å². The highest BCUT2D eigenvalue weighted by Gasteiger charge is 2.14. The quantitative estimate of drug-likeness (QED) is 0.884. The first-order valence-corrected chi connectivity index (χ1v) is 6.14. The Labute approximate surface area is 123 Å². The molecule has 0 aromatic heterocycles. The van der Waals surface area contributed by atoms with E-state index in [0.717, 1.165) is 30.3 Å². The Bertz CT molecular complexity index is 681. The van der Waals surface area contributed by atoms with Crippen molar-refractivity contribution in [3.63, 3.8) is 0 Å². The predicted octanol–water partition coefficient (Wildman–Crippen LogP) is 2.90. The molecule has 2 aromatic rings. The van der Waals surface area contributed by atoms with Gasteiger partial charge in [0.05, 0.1) is 5.56 Å². The molecule has 0 saturated carbocycles. The van der Waals surface area contributed by atoms with Crippen LogP contribution in [-0.4, -0.2) is 18.5 Å². The molecule has 0 radical (unpaired) electrons. The Balaban J connectivity index is 1.93. The molecule has 114 valence electrons. The van der Waals surface area contributed by atoms with E-state index < -0.39 is 41.6 Å². The average molecular weight is 309 g/mol. The van der Waals surface area contributed by atoms with E-state index in [9.17, 15) is 22.8 Å². The van der Waals surface area contributed by atoms with E-state index in [1.807, 2.05) is 5.32 Å². The van der Waals surface area contributed by atoms with Gasteiger partial charge in [0.2, 0.25) is 0 Å². The molecule has 4 nitrogen and oxygen atoms in total. The zero-order chi connectivity index (χ0) is 16.1. The lowest BCUT2D eigenvalue weighted by atomic mass is 10.2. The summed E-state index contributed by atoms with van der Waals surface area (Å²) in [6, 6.07) is 7.59. The number of benzene rings is 2. The third kappa shape index (κ3) is 3.85. The van der Waals surface area contributed by atoms with Crippen LogP contribution in [0.2, 0.25) is 0 Å². The van der Waals surface area contributed by atoms with Gasteiger partial charge in [0, 0.05) is 0 Å². The maximum Gasteiger partial charge on any atom is 0.338 e. The Morgan fingerprint density at radius 1 is 0.955 bits per heavy atom. The van der Waals surface area contributed by atoms with Gasteiger partial charge in [0.25, 0.3) is 5.91 Å². The van der Waals surface area contributed by atoms with Crippen molar-refractivity contribution in [1.29, 1.82) is 0 Å². The molecule has 0 aliphatic heterocycles. The number of rotatable bonds is 4. The number of anilines is 1. The fourth-order valence-corrected chi connectivity index (χ4v) is 1.59. The van der Waals surface area contributed by atoms with Gasteiger partial charge < -0.3 is 10.1 Å². The first-order valence-electron chi connectivity index (χ1n) is 6.14. The Morgan fingerprint density at radius 2 is 1.55 bits per heavy atom. The highest BCUT2D eigenvalue weighted by atomic mass is 19.1. The predicted molar refractivity (Wildman–Crippen MR) is 71.7 cm³/mol. The van der Waals surface area contributed by atoms with Crippen LogP contribution in [0.15, 0.2) is 42.5 Å². The van der Waals surface area contributed by atoms with Crippen molar-refractivity contribution in [3.05, 3.63) is 65.5 Å². The molecule has 0 saturated heterocycles. The van der Waals surface area contributed by atoms with Crippen molar-refractivity contribution in [2.75, 3.05) is 11.9 Å². The number of para-hydroxylation sites is 1. The number of carbonyl (C=O) groups excluding carboxylic acids is 2. The van der Waals surface area contributed by atoms with Gasteiger partial charge in [0.15, 0.2) is 6.61 Å². The zero-order valence-corrected chi connectivity index (χ0v) is 11.1. The molecule has 0 aliphatic rings. The number of carbonyl (C=O) groups is 2. The monoisotopic (exact) mass is 309 g/mol. The van der Waals surface area contributed by atoms with E-state index in [0.29, 0.717) is 0 Å². The fraction of sp³-hybridized carbons (Fsp3) is 0.0667. The summed E-state index contributed by atoms with van der Waals surface area (Å²) in [5.41, 5.74) is -0.573. The second-order valence-electron chi connectivity index (χ2n) is 4.23. The summed E-state index contributed by atoms with van der Waals surface area (Å²) in [5.74, 6) is -4.18. The van der Waals surface area contributed by atoms with Crippen LogP contribution >= 0.6 is 0 Å². The fourth-order valence-electron chi connectivity index (χ4n) is 1.59. The molecule has 2 aromatic carbocycles. The normalized spacial score (nSPS) is 10.1. The van der Waals surface area contributed by atoms with E-state index in [1.165, 1.54) is 12.1 Å². The average Bonchev–Trinajstić information content (AvgIpc) is 2.49. The van der Waals surface area contributed by atoms with Crippen LogP contribution in [0.25, 0.3) is 0 Å². The van der Waals surface area contributed by atoms with Crippen LogP contribution in [0.4, 0.5) is 18.9 Å². The number of hydrogen-bond acceptors (Lipinski definition) is 3. The highest BCUT2D eigenvalue weighted by molar-refractivity contribution is 5.95. The van der Waals surface area contributed by atoms with E-state index in [-0.39, 0.29) is 5.56 Å². The van der Waals surface area contributed by atoms with Crippen molar-refractivity contribution in [1.82, 2.24) is 0 Å². The number of hydrogen-bond donors (Lipinski definition) is 1. The molecule has 0 heterocycles. The van der Waals surface area contributed by atoms with Crippen molar-refractivity contribution >= 4 is 17.6 Å². The van der Waals surface area contributed by atoms with E-state index in [4.69, 9.17) is 0 Å². The molecule has 0 atom stereocenters. The van der Waals surface area contributed by atoms with E-state index in [1.54, 1.807) is 0 Å². The minimum atomic E-state index is -0.946. The van der Waals surface area contributed by atoms with Crippen molar-refractivity contribution < 1.29 is 27.5 Å². The molecule has 0 fully saturated rings. The van der Waals surface area contributed by atoms with Crippen LogP contribution in [-0.2, 0) is 9.53 Å². The lowest BCUT2D eigenvalue weighted by Crippen LogP contribution is -2.22. The van der Waals surface area contributed by atoms with E-state index >= 15 is 0 Å². The third-order valence-corrected chi connectivity index (χ3v) is 2.64. The van der Waals surface area contributed by atoms with Crippen LogP contribution in [0, 0.1) is 17.5 Å². The number of ether oxygens (including phenoxy) is 1. The lowest BCUT2D eigenvalue weighted by molar-refractivity contribution is -0.119. The molecule has 0 aliphatic carbocycles. The molecule has 7 heteroatoms. The molecule has 1 amide bonds. The molecular weight excluding hydrogens is 299 g/mol. The summed E-state index contributed by atoms with van der Waals surface area (Å²) in [6.45, 7) is -0.732. The van der Waals surface area contributed by atoms with Gasteiger partial charge in [-0.2, -0.15) is 0 Å². The summed E-state index contributed by atoms with van der Waals surface area (Å²) in [4.78, 5) is 23.1. The molecular formula is C15H10F3NO3. The summed E-state index contributed by atoms with van der Waals surface area (Å²) >= 11 is 0. The number of nitrogens with one attached hydrogen (secondary N) is 1. The summed E-state index contributed by atoms with van der Waals surface area (Å²) < 4.78 is 44.0. The van der Waals surface area contributed by atoms with Gasteiger partial charge >= 0.3 is 5.97 Å². The third-order valence-electron chi connectivity index (χ3n) is 2.64. The number of amides is 1. The Hall–Kier alpha value is -2.83. The smallest absolute Gasteiger partial charge is 0.338 e. The largest absolute Gasteiger partial charge is 0.452 e. The first-order chi connectivity index (χ1) is 10.5. The molecule has 1 N–H and O–H groups in total. The Morgan fingerprint density at radius 3 is 2.14 bits per heavy atom. The summed E-state index contributed by atoms with van der Waals surface area (Å²) in [5, 5.41) is 1.97. The van der Waals surface area contributed by atoms with E-state index in [2.05, 4.69) is 4.74 Å². The maximum absolute atomic E-state index is 13.3. The van der Waals surface area contributed by atoms with Gasteiger partial charge in [-0.05, 0) is 36.4 Å². The minimum absolute atomic E-state index is 0.0475. The van der Waals surface area contributed by atoms with Crippen LogP contribution in [0.5, 0.6) is 0 Å². The van der Waals surface area contributed by atoms with Crippen LogP contribution < -0.4 is 5.32 Å². The molecule has 0 unspecified atom stereocenters. The lowest BCUT2D eigenvalue weighted by Gasteiger charge is -2.08. The standard InChI is InChI=1S/C15H10F3NO3/c16-10-6-4-9(5-7-10)15(21)22-8-13(20)19-14-11(17)2-1-3-12(14)18/h1-7H,8H2,(H,19,20). The second kappa shape index (κ2) is 6.75. The summed E-state index contributed by atoms with van der Waals surface area (Å²) in [7, 11) is 0. The van der Waals surface area contributed by atoms with Crippen molar-refractivity contribution in [2.45, 2.75) is 0 Å². The molecule has 2 rings (SSSR count). The van der Waals surface area contributed by atoms with Gasteiger partial charge in [0.1, 0.15) is 23.1 Å². The number of halogens is 3. The van der Waals surface area contributed by atoms with Gasteiger partial charge in [-0.25, -0.2) is 18.0 Å². The zero-order valence-electron chi connectivity index (χ0n) is 11.1. The second-order valence-corrected chi connectivity index (χ2v) is 4.23. The van der Waals surface area contributed by atoms with Gasteiger partial charge in [-0.15, -0.1) is 0 Å². The van der Waals surface area contributed by atoms with Gasteiger partial charge in [-0.3, -0.25) is 4.79 Å². The maximum atomic E-state index is 13.3. The Kier molecular flexibility index (Phi) is 4.77. The molecule has 0 spiro atoms. The topological polar surface area (TPSA) is 55.4 Å². The molecule has 0 bridgehead atoms. The molecule has 22 heavy (non-hydrogen) atoms. The van der Waals surface area contributed by atoms with Gasteiger partial charge in [-0.1, -0.05) is 6.07 Å². The van der Waals surface area contributed by atoms with Crippen LogP contribution in [0.1, 0.15) is 10.4 Å². The SMILES string of the molecule is O=C(COC(=O)c1ccc(F)cc1)Nc1c(F)cccc1F. The highest BCUT2D eigenvalue weighted by Crippen LogP contribution is 2.17. The number of esters is 1. The minimum Gasteiger partial charge on any atom is -0.452 e.